The van der Waals surface area contributed by atoms with Gasteiger partial charge in [-0.15, -0.1) is 10.2 Å². The number of nitrogens with one attached hydrogen (secondary N) is 2. The lowest BCUT2D eigenvalue weighted by molar-refractivity contribution is -0.119. The summed E-state index contributed by atoms with van der Waals surface area (Å²) in [4.78, 5) is 27.4. The summed E-state index contributed by atoms with van der Waals surface area (Å²) in [6.07, 6.45) is 1.32. The van der Waals surface area contributed by atoms with Crippen molar-refractivity contribution in [2.24, 2.45) is 0 Å². The van der Waals surface area contributed by atoms with Crippen LogP contribution in [-0.2, 0) is 4.79 Å². The lowest BCUT2D eigenvalue weighted by atomic mass is 10.2. The van der Waals surface area contributed by atoms with Gasteiger partial charge in [0.25, 0.3) is 0 Å². The van der Waals surface area contributed by atoms with Crippen LogP contribution in [-0.4, -0.2) is 53.3 Å². The number of ether oxygens (including phenoxy) is 2. The van der Waals surface area contributed by atoms with E-state index in [9.17, 15) is 9.59 Å². The number of methoxy groups -OCH3 is 1. The van der Waals surface area contributed by atoms with Crippen molar-refractivity contribution in [3.8, 4) is 22.1 Å². The van der Waals surface area contributed by atoms with E-state index >= 15 is 0 Å². The monoisotopic (exact) mass is 467 g/mol. The zero-order valence-electron chi connectivity index (χ0n) is 18.4. The highest BCUT2D eigenvalue weighted by Gasteiger charge is 2.35. The van der Waals surface area contributed by atoms with Crippen LogP contribution in [0.15, 0.2) is 48.5 Å². The molecule has 2 N–H and O–H groups in total. The van der Waals surface area contributed by atoms with Gasteiger partial charge in [0.2, 0.25) is 11.0 Å². The first-order valence-electron chi connectivity index (χ1n) is 10.7. The summed E-state index contributed by atoms with van der Waals surface area (Å²) >= 11 is 1.28. The average molecular weight is 468 g/mol. The minimum Gasteiger partial charge on any atom is -0.497 e. The predicted molar refractivity (Wildman–Crippen MR) is 127 cm³/mol. The van der Waals surface area contributed by atoms with E-state index in [1.807, 2.05) is 43.3 Å². The Balaban J connectivity index is 1.41. The number of aromatic nitrogens is 2. The molecule has 4 rings (SSSR count). The van der Waals surface area contributed by atoms with Gasteiger partial charge in [-0.2, -0.15) is 0 Å². The van der Waals surface area contributed by atoms with E-state index < -0.39 is 6.04 Å². The van der Waals surface area contributed by atoms with Crippen LogP contribution in [0.3, 0.4) is 0 Å². The SMILES string of the molecule is CCOc1ccccc1NC(=O)N1CCCC1C(=O)Nc1nnc(-c2ccc(OC)cc2)s1. The molecule has 3 aromatic rings. The molecule has 0 saturated carbocycles. The fourth-order valence-corrected chi connectivity index (χ4v) is 4.39. The number of rotatable bonds is 7. The van der Waals surface area contributed by atoms with Crippen LogP contribution in [0.1, 0.15) is 19.8 Å². The van der Waals surface area contributed by atoms with Gasteiger partial charge in [0.05, 0.1) is 19.4 Å². The Morgan fingerprint density at radius 2 is 1.91 bits per heavy atom. The van der Waals surface area contributed by atoms with E-state index in [4.69, 9.17) is 9.47 Å². The van der Waals surface area contributed by atoms with E-state index in [1.165, 1.54) is 11.3 Å². The molecule has 1 aliphatic heterocycles. The van der Waals surface area contributed by atoms with Gasteiger partial charge < -0.3 is 19.7 Å². The predicted octanol–water partition coefficient (Wildman–Crippen LogP) is 4.25. The number of carbonyl (C=O) groups is 2. The highest BCUT2D eigenvalue weighted by molar-refractivity contribution is 7.18. The lowest BCUT2D eigenvalue weighted by Gasteiger charge is -2.24. The van der Waals surface area contributed by atoms with Crippen molar-refractivity contribution in [3.05, 3.63) is 48.5 Å². The van der Waals surface area contributed by atoms with Crippen LogP contribution in [0, 0.1) is 0 Å². The van der Waals surface area contributed by atoms with E-state index in [-0.39, 0.29) is 11.9 Å². The fraction of sp³-hybridized carbons (Fsp3) is 0.304. The second-order valence-corrected chi connectivity index (χ2v) is 8.32. The zero-order valence-corrected chi connectivity index (χ0v) is 19.2. The molecule has 2 aromatic carbocycles. The third-order valence-electron chi connectivity index (χ3n) is 5.24. The van der Waals surface area contributed by atoms with Crippen molar-refractivity contribution in [1.82, 2.24) is 15.1 Å². The van der Waals surface area contributed by atoms with Crippen molar-refractivity contribution in [3.63, 3.8) is 0 Å². The summed E-state index contributed by atoms with van der Waals surface area (Å²) < 4.78 is 10.7. The number of hydrogen-bond acceptors (Lipinski definition) is 7. The maximum absolute atomic E-state index is 12.9. The van der Waals surface area contributed by atoms with Crippen LogP contribution < -0.4 is 20.1 Å². The Hall–Kier alpha value is -3.66. The summed E-state index contributed by atoms with van der Waals surface area (Å²) in [6, 6.07) is 13.8. The van der Waals surface area contributed by atoms with Crippen LogP contribution in [0.4, 0.5) is 15.6 Å². The molecule has 172 valence electrons. The van der Waals surface area contributed by atoms with Gasteiger partial charge in [0.1, 0.15) is 22.5 Å². The Labute approximate surface area is 195 Å². The highest BCUT2D eigenvalue weighted by atomic mass is 32.1. The van der Waals surface area contributed by atoms with Crippen molar-refractivity contribution in [2.75, 3.05) is 30.9 Å². The standard InChI is InChI=1S/C23H25N5O4S/c1-3-32-19-9-5-4-7-17(19)24-23(30)28-14-6-8-18(28)20(29)25-22-27-26-21(33-22)15-10-12-16(31-2)13-11-15/h4-5,7,9-13,18H,3,6,8,14H2,1-2H3,(H,24,30)(H,25,27,29). The molecule has 9 nitrogen and oxygen atoms in total. The minimum atomic E-state index is -0.586. The number of anilines is 2. The number of amides is 3. The molecule has 1 unspecified atom stereocenters. The smallest absolute Gasteiger partial charge is 0.322 e. The third kappa shape index (κ3) is 5.23. The molecule has 0 bridgehead atoms. The molecule has 1 atom stereocenters. The molecule has 1 saturated heterocycles. The number of para-hydroxylation sites is 2. The van der Waals surface area contributed by atoms with Crippen molar-refractivity contribution in [2.45, 2.75) is 25.8 Å². The molecule has 1 fully saturated rings. The lowest BCUT2D eigenvalue weighted by Crippen LogP contribution is -2.45. The number of benzene rings is 2. The van der Waals surface area contributed by atoms with Crippen LogP contribution in [0.25, 0.3) is 10.6 Å². The number of hydrogen-bond donors (Lipinski definition) is 2. The average Bonchev–Trinajstić information content (AvgIpc) is 3.51. The second-order valence-electron chi connectivity index (χ2n) is 7.34. The number of urea groups is 1. The number of carbonyl (C=O) groups excluding carboxylic acids is 2. The van der Waals surface area contributed by atoms with E-state index in [2.05, 4.69) is 20.8 Å². The number of likely N-dealkylation sites (tertiary alicyclic amines) is 1. The van der Waals surface area contributed by atoms with Crippen LogP contribution in [0.2, 0.25) is 0 Å². The maximum Gasteiger partial charge on any atom is 0.322 e. The van der Waals surface area contributed by atoms with Gasteiger partial charge in [0, 0.05) is 12.1 Å². The third-order valence-corrected chi connectivity index (χ3v) is 6.12. The fourth-order valence-electron chi connectivity index (χ4n) is 3.63. The molecule has 0 spiro atoms. The molecule has 1 aromatic heterocycles. The van der Waals surface area contributed by atoms with Gasteiger partial charge in [0.15, 0.2) is 0 Å². The minimum absolute atomic E-state index is 0.279. The molecule has 3 amide bonds. The zero-order chi connectivity index (χ0) is 23.2. The van der Waals surface area contributed by atoms with Gasteiger partial charge in [-0.3, -0.25) is 10.1 Å². The van der Waals surface area contributed by atoms with Gasteiger partial charge in [-0.25, -0.2) is 4.79 Å². The van der Waals surface area contributed by atoms with Crippen molar-refractivity contribution < 1.29 is 19.1 Å². The molecular formula is C23H25N5O4S. The Morgan fingerprint density at radius 1 is 1.12 bits per heavy atom. The van der Waals surface area contributed by atoms with Crippen molar-refractivity contribution in [1.29, 1.82) is 0 Å². The quantitative estimate of drug-likeness (QED) is 0.538. The highest BCUT2D eigenvalue weighted by Crippen LogP contribution is 2.29. The number of nitrogens with zero attached hydrogens (tertiary/aromatic N) is 3. The van der Waals surface area contributed by atoms with Gasteiger partial charge >= 0.3 is 6.03 Å². The molecular weight excluding hydrogens is 442 g/mol. The maximum atomic E-state index is 12.9. The molecule has 0 radical (unpaired) electrons. The normalized spacial score (nSPS) is 15.2. The largest absolute Gasteiger partial charge is 0.497 e. The summed E-state index contributed by atoms with van der Waals surface area (Å²) in [5, 5.41) is 15.0. The molecule has 2 heterocycles. The Kier molecular flexibility index (Phi) is 7.04. The first-order valence-corrected chi connectivity index (χ1v) is 11.5. The second kappa shape index (κ2) is 10.3. The first kappa shape index (κ1) is 22.5. The van der Waals surface area contributed by atoms with E-state index in [0.29, 0.717) is 41.1 Å². The molecule has 33 heavy (non-hydrogen) atoms. The first-order chi connectivity index (χ1) is 16.1. The topological polar surface area (TPSA) is 106 Å². The Morgan fingerprint density at radius 3 is 2.67 bits per heavy atom. The van der Waals surface area contributed by atoms with Gasteiger partial charge in [-0.1, -0.05) is 23.5 Å². The van der Waals surface area contributed by atoms with Crippen molar-refractivity contribution >= 4 is 34.1 Å². The Bertz CT molecular complexity index is 1120. The van der Waals surface area contributed by atoms with E-state index in [0.717, 1.165) is 17.7 Å². The van der Waals surface area contributed by atoms with Crippen LogP contribution in [0.5, 0.6) is 11.5 Å². The summed E-state index contributed by atoms with van der Waals surface area (Å²) in [7, 11) is 1.61. The summed E-state index contributed by atoms with van der Waals surface area (Å²) in [6.45, 7) is 2.86. The molecule has 10 heteroatoms. The summed E-state index contributed by atoms with van der Waals surface area (Å²) in [5.41, 5.74) is 1.45. The molecule has 0 aliphatic carbocycles. The van der Waals surface area contributed by atoms with Gasteiger partial charge in [-0.05, 0) is 56.2 Å². The van der Waals surface area contributed by atoms with Crippen LogP contribution >= 0.6 is 11.3 Å². The van der Waals surface area contributed by atoms with E-state index in [1.54, 1.807) is 24.1 Å². The molecule has 1 aliphatic rings. The summed E-state index contributed by atoms with van der Waals surface area (Å²) in [5.74, 6) is 1.06.